The van der Waals surface area contributed by atoms with Crippen molar-refractivity contribution in [2.75, 3.05) is 0 Å². The fraction of sp³-hybridized carbons (Fsp3) is 0.160. The Kier molecular flexibility index (Phi) is 5.73. The highest BCUT2D eigenvalue weighted by Crippen LogP contribution is 2.27. The molecule has 28 heavy (non-hydrogen) atoms. The van der Waals surface area contributed by atoms with E-state index in [-0.39, 0.29) is 0 Å². The van der Waals surface area contributed by atoms with E-state index in [0.29, 0.717) is 0 Å². The SMILES string of the molecule is CCCc1c(-c2cccc(Br)c2)ncn1Cc1cccc(-c2ccccc2)c1. The quantitative estimate of drug-likeness (QED) is 0.322. The zero-order chi connectivity index (χ0) is 19.3. The minimum Gasteiger partial charge on any atom is -0.330 e. The lowest BCUT2D eigenvalue weighted by atomic mass is 10.0. The first-order valence-electron chi connectivity index (χ1n) is 9.69. The standard InChI is InChI=1S/C25H23BrN2/c1-2-8-24-25(22-13-7-14-23(26)16-22)27-18-28(24)17-19-9-6-12-21(15-19)20-10-4-3-5-11-20/h3-7,9-16,18H,2,8,17H2,1H3. The summed E-state index contributed by atoms with van der Waals surface area (Å²) in [6.07, 6.45) is 4.09. The van der Waals surface area contributed by atoms with Gasteiger partial charge in [0.2, 0.25) is 0 Å². The van der Waals surface area contributed by atoms with E-state index in [9.17, 15) is 0 Å². The van der Waals surface area contributed by atoms with Crippen LogP contribution in [0.25, 0.3) is 22.4 Å². The van der Waals surface area contributed by atoms with Crippen molar-refractivity contribution in [2.45, 2.75) is 26.3 Å². The first kappa shape index (κ1) is 18.7. The molecule has 2 nitrogen and oxygen atoms in total. The van der Waals surface area contributed by atoms with Crippen LogP contribution in [0.5, 0.6) is 0 Å². The van der Waals surface area contributed by atoms with Gasteiger partial charge in [0, 0.05) is 22.3 Å². The van der Waals surface area contributed by atoms with Gasteiger partial charge in [0.25, 0.3) is 0 Å². The van der Waals surface area contributed by atoms with Gasteiger partial charge in [-0.05, 0) is 41.3 Å². The molecule has 0 fully saturated rings. The number of hydrogen-bond donors (Lipinski definition) is 0. The van der Waals surface area contributed by atoms with Gasteiger partial charge in [0.1, 0.15) is 0 Å². The maximum atomic E-state index is 4.76. The van der Waals surface area contributed by atoms with Gasteiger partial charge < -0.3 is 4.57 Å². The number of rotatable bonds is 6. The molecule has 0 aliphatic carbocycles. The van der Waals surface area contributed by atoms with Crippen LogP contribution in [-0.2, 0) is 13.0 Å². The average molecular weight is 431 g/mol. The second-order valence-electron chi connectivity index (χ2n) is 6.99. The molecule has 4 rings (SSSR count). The Morgan fingerprint density at radius 3 is 2.36 bits per heavy atom. The van der Waals surface area contributed by atoms with Crippen molar-refractivity contribution in [1.29, 1.82) is 0 Å². The van der Waals surface area contributed by atoms with Gasteiger partial charge in [-0.15, -0.1) is 0 Å². The second kappa shape index (κ2) is 8.57. The molecule has 3 heteroatoms. The van der Waals surface area contributed by atoms with E-state index in [1.165, 1.54) is 22.4 Å². The number of nitrogens with zero attached hydrogens (tertiary/aromatic N) is 2. The Balaban J connectivity index is 1.67. The normalized spacial score (nSPS) is 10.9. The fourth-order valence-electron chi connectivity index (χ4n) is 3.60. The lowest BCUT2D eigenvalue weighted by Gasteiger charge is -2.11. The van der Waals surface area contributed by atoms with Crippen LogP contribution in [0.15, 0.2) is 89.7 Å². The molecule has 0 aliphatic heterocycles. The van der Waals surface area contributed by atoms with Crippen molar-refractivity contribution in [3.05, 3.63) is 101 Å². The molecule has 0 saturated heterocycles. The number of benzene rings is 3. The average Bonchev–Trinajstić information content (AvgIpc) is 3.11. The minimum atomic E-state index is 0.830. The van der Waals surface area contributed by atoms with E-state index >= 15 is 0 Å². The van der Waals surface area contributed by atoms with Gasteiger partial charge in [-0.1, -0.05) is 89.9 Å². The second-order valence-corrected chi connectivity index (χ2v) is 7.91. The van der Waals surface area contributed by atoms with Crippen molar-refractivity contribution in [3.8, 4) is 22.4 Å². The molecule has 0 unspecified atom stereocenters. The Hall–Kier alpha value is -2.65. The smallest absolute Gasteiger partial charge is 0.0959 e. The summed E-state index contributed by atoms with van der Waals surface area (Å²) in [5.74, 6) is 0. The minimum absolute atomic E-state index is 0.830. The largest absolute Gasteiger partial charge is 0.330 e. The molecule has 0 N–H and O–H groups in total. The molecule has 0 atom stereocenters. The van der Waals surface area contributed by atoms with Crippen molar-refractivity contribution < 1.29 is 0 Å². The summed E-state index contributed by atoms with van der Waals surface area (Å²) >= 11 is 3.58. The summed E-state index contributed by atoms with van der Waals surface area (Å²) in [6, 6.07) is 27.7. The highest BCUT2D eigenvalue weighted by Gasteiger charge is 2.13. The van der Waals surface area contributed by atoms with Crippen LogP contribution in [0.2, 0.25) is 0 Å². The fourth-order valence-corrected chi connectivity index (χ4v) is 4.00. The molecule has 1 heterocycles. The first-order valence-corrected chi connectivity index (χ1v) is 10.5. The van der Waals surface area contributed by atoms with Crippen LogP contribution in [-0.4, -0.2) is 9.55 Å². The third-order valence-corrected chi connectivity index (χ3v) is 5.41. The number of imidazole rings is 1. The van der Waals surface area contributed by atoms with E-state index in [2.05, 4.69) is 106 Å². The van der Waals surface area contributed by atoms with Crippen LogP contribution in [0.4, 0.5) is 0 Å². The van der Waals surface area contributed by atoms with E-state index in [0.717, 1.165) is 35.1 Å². The Morgan fingerprint density at radius 2 is 1.57 bits per heavy atom. The summed E-state index contributed by atoms with van der Waals surface area (Å²) in [7, 11) is 0. The zero-order valence-corrected chi connectivity index (χ0v) is 17.6. The third kappa shape index (κ3) is 4.10. The van der Waals surface area contributed by atoms with Crippen LogP contribution in [0, 0.1) is 0 Å². The Morgan fingerprint density at radius 1 is 0.821 bits per heavy atom. The van der Waals surface area contributed by atoms with Gasteiger partial charge in [-0.3, -0.25) is 0 Å². The summed E-state index contributed by atoms with van der Waals surface area (Å²) in [5.41, 5.74) is 7.33. The van der Waals surface area contributed by atoms with Crippen LogP contribution < -0.4 is 0 Å². The summed E-state index contributed by atoms with van der Waals surface area (Å²) < 4.78 is 3.38. The molecule has 0 bridgehead atoms. The molecule has 0 radical (unpaired) electrons. The van der Waals surface area contributed by atoms with Crippen molar-refractivity contribution >= 4 is 15.9 Å². The van der Waals surface area contributed by atoms with Gasteiger partial charge >= 0.3 is 0 Å². The maximum Gasteiger partial charge on any atom is 0.0959 e. The molecular formula is C25H23BrN2. The summed E-state index contributed by atoms with van der Waals surface area (Å²) in [5, 5.41) is 0. The predicted octanol–water partition coefficient (Wildman–Crippen LogP) is 6.98. The topological polar surface area (TPSA) is 17.8 Å². The summed E-state index contributed by atoms with van der Waals surface area (Å²) in [4.78, 5) is 4.76. The van der Waals surface area contributed by atoms with Gasteiger partial charge in [0.15, 0.2) is 0 Å². The van der Waals surface area contributed by atoms with Gasteiger partial charge in [0.05, 0.1) is 12.0 Å². The van der Waals surface area contributed by atoms with Crippen LogP contribution in [0.1, 0.15) is 24.6 Å². The molecule has 0 amide bonds. The van der Waals surface area contributed by atoms with E-state index in [4.69, 9.17) is 4.98 Å². The number of hydrogen-bond acceptors (Lipinski definition) is 1. The van der Waals surface area contributed by atoms with Crippen molar-refractivity contribution in [2.24, 2.45) is 0 Å². The molecule has 1 aromatic heterocycles. The molecule has 140 valence electrons. The lowest BCUT2D eigenvalue weighted by Crippen LogP contribution is -2.04. The Bertz CT molecular complexity index is 1070. The zero-order valence-electron chi connectivity index (χ0n) is 16.0. The lowest BCUT2D eigenvalue weighted by molar-refractivity contribution is 0.724. The van der Waals surface area contributed by atoms with Crippen LogP contribution in [0.3, 0.4) is 0 Å². The van der Waals surface area contributed by atoms with Crippen LogP contribution >= 0.6 is 15.9 Å². The molecule has 0 spiro atoms. The van der Waals surface area contributed by atoms with E-state index in [1.807, 2.05) is 6.33 Å². The predicted molar refractivity (Wildman–Crippen MR) is 120 cm³/mol. The molecule has 4 aromatic rings. The van der Waals surface area contributed by atoms with E-state index < -0.39 is 0 Å². The highest BCUT2D eigenvalue weighted by molar-refractivity contribution is 9.10. The number of halogens is 1. The van der Waals surface area contributed by atoms with Crippen molar-refractivity contribution in [1.82, 2.24) is 9.55 Å². The van der Waals surface area contributed by atoms with Gasteiger partial charge in [-0.25, -0.2) is 4.98 Å². The molecule has 0 saturated carbocycles. The number of aromatic nitrogens is 2. The summed E-state index contributed by atoms with van der Waals surface area (Å²) in [6.45, 7) is 3.05. The third-order valence-electron chi connectivity index (χ3n) is 4.92. The Labute approximate surface area is 175 Å². The highest BCUT2D eigenvalue weighted by atomic mass is 79.9. The maximum absolute atomic E-state index is 4.76. The van der Waals surface area contributed by atoms with E-state index in [1.54, 1.807) is 0 Å². The van der Waals surface area contributed by atoms with Crippen molar-refractivity contribution in [3.63, 3.8) is 0 Å². The molecular weight excluding hydrogens is 408 g/mol. The van der Waals surface area contributed by atoms with Gasteiger partial charge in [-0.2, -0.15) is 0 Å². The monoisotopic (exact) mass is 430 g/mol. The first-order chi connectivity index (χ1) is 13.7. The molecule has 3 aromatic carbocycles. The molecule has 0 aliphatic rings.